The van der Waals surface area contributed by atoms with Crippen LogP contribution in [0.1, 0.15) is 96.5 Å². The predicted octanol–water partition coefficient (Wildman–Crippen LogP) is 9.53. The molecule has 0 unspecified atom stereocenters. The van der Waals surface area contributed by atoms with E-state index in [1.165, 1.54) is 24.8 Å². The molecule has 1 fully saturated rings. The molecule has 2 aromatic rings. The first-order valence-electron chi connectivity index (χ1n) is 14.4. The van der Waals surface area contributed by atoms with Crippen LogP contribution in [0.2, 0.25) is 5.02 Å². The van der Waals surface area contributed by atoms with Gasteiger partial charge in [0.05, 0.1) is 11.6 Å². The number of benzene rings is 2. The topological polar surface area (TPSA) is 35.5 Å². The van der Waals surface area contributed by atoms with E-state index in [0.29, 0.717) is 17.5 Å². The smallest absolute Gasteiger partial charge is 0.340 e. The zero-order valence-corrected chi connectivity index (χ0v) is 23.4. The van der Waals surface area contributed by atoms with Gasteiger partial charge in [0.15, 0.2) is 6.17 Å². The molecule has 0 amide bonds. The van der Waals surface area contributed by atoms with Crippen LogP contribution in [0.25, 0.3) is 11.1 Å². The van der Waals surface area contributed by atoms with Crippen molar-refractivity contribution >= 4 is 17.6 Å². The highest BCUT2D eigenvalue weighted by Crippen LogP contribution is 2.32. The predicted molar refractivity (Wildman–Crippen MR) is 151 cm³/mol. The largest absolute Gasteiger partial charge is 0.492 e. The summed E-state index contributed by atoms with van der Waals surface area (Å²) in [6.07, 6.45) is 10.9. The first-order valence-corrected chi connectivity index (χ1v) is 14.7. The van der Waals surface area contributed by atoms with Crippen molar-refractivity contribution in [2.75, 3.05) is 6.61 Å². The molecular weight excluding hydrogens is 487 g/mol. The van der Waals surface area contributed by atoms with Gasteiger partial charge in [-0.15, -0.1) is 0 Å². The second-order valence-corrected chi connectivity index (χ2v) is 10.9. The van der Waals surface area contributed by atoms with E-state index in [1.807, 2.05) is 19.1 Å². The minimum absolute atomic E-state index is 0.118. The minimum atomic E-state index is -1.47. The van der Waals surface area contributed by atoms with Gasteiger partial charge in [-0.25, -0.2) is 9.18 Å². The molecule has 1 atom stereocenters. The molecule has 0 heterocycles. The lowest BCUT2D eigenvalue weighted by molar-refractivity contribution is -0.157. The van der Waals surface area contributed by atoms with Crippen LogP contribution in [0, 0.1) is 5.92 Å². The van der Waals surface area contributed by atoms with Gasteiger partial charge in [-0.05, 0) is 86.1 Å². The van der Waals surface area contributed by atoms with Gasteiger partial charge in [0.2, 0.25) is 0 Å². The fraction of sp³-hybridized carbons (Fsp3) is 0.594. The first kappa shape index (κ1) is 29.5. The van der Waals surface area contributed by atoms with Gasteiger partial charge in [0.1, 0.15) is 11.9 Å². The van der Waals surface area contributed by atoms with Crippen molar-refractivity contribution in [3.63, 3.8) is 0 Å². The molecule has 204 valence electrons. The van der Waals surface area contributed by atoms with Gasteiger partial charge in [-0.2, -0.15) is 0 Å². The fourth-order valence-corrected chi connectivity index (χ4v) is 5.26. The second-order valence-electron chi connectivity index (χ2n) is 10.5. The molecule has 3 rings (SSSR count). The molecule has 5 heteroatoms. The van der Waals surface area contributed by atoms with Crippen LogP contribution in [0.4, 0.5) is 4.39 Å². The number of halogens is 2. The number of unbranched alkanes of at least 4 members (excludes halogenated alkanes) is 4. The van der Waals surface area contributed by atoms with Gasteiger partial charge in [0, 0.05) is 0 Å². The third-order valence-corrected chi connectivity index (χ3v) is 7.75. The number of hydrogen-bond acceptors (Lipinski definition) is 3. The molecule has 0 radical (unpaired) electrons. The summed E-state index contributed by atoms with van der Waals surface area (Å²) in [5.74, 6) is 0.719. The summed E-state index contributed by atoms with van der Waals surface area (Å²) < 4.78 is 25.2. The number of esters is 1. The average molecular weight is 531 g/mol. The number of hydrogen-bond donors (Lipinski definition) is 0. The Balaban J connectivity index is 1.40. The standard InChI is InChI=1S/C32H44ClFO3/c1-3-5-7-8-22-36-31-21-18-27(23-29(31)33)26-16-12-24(13-17-26)10-11-25-14-19-28(20-15-25)37-32(35)30(34)9-6-4-2/h12-13,16-18,21,23,25,28,30H,3-11,14-15,19-20,22H2,1-2H3/t25-,28-,30-/m0/s1. The molecule has 2 aromatic carbocycles. The summed E-state index contributed by atoms with van der Waals surface area (Å²) in [6.45, 7) is 4.91. The van der Waals surface area contributed by atoms with Crippen molar-refractivity contribution in [1.29, 1.82) is 0 Å². The molecule has 0 saturated heterocycles. The highest BCUT2D eigenvalue weighted by molar-refractivity contribution is 6.32. The van der Waals surface area contributed by atoms with Crippen molar-refractivity contribution in [3.8, 4) is 16.9 Å². The molecule has 1 aliphatic carbocycles. The van der Waals surface area contributed by atoms with E-state index in [1.54, 1.807) is 0 Å². The van der Waals surface area contributed by atoms with Crippen LogP contribution in [0.3, 0.4) is 0 Å². The molecule has 0 aromatic heterocycles. The van der Waals surface area contributed by atoms with E-state index in [-0.39, 0.29) is 12.5 Å². The molecule has 0 spiro atoms. The van der Waals surface area contributed by atoms with Crippen LogP contribution in [-0.4, -0.2) is 24.9 Å². The first-order chi connectivity index (χ1) is 18.0. The Bertz CT molecular complexity index is 938. The fourth-order valence-electron chi connectivity index (χ4n) is 5.02. The van der Waals surface area contributed by atoms with Gasteiger partial charge < -0.3 is 9.47 Å². The third kappa shape index (κ3) is 9.96. The Morgan fingerprint density at radius 3 is 2.32 bits per heavy atom. The maximum Gasteiger partial charge on any atom is 0.340 e. The van der Waals surface area contributed by atoms with Gasteiger partial charge in [0.25, 0.3) is 0 Å². The van der Waals surface area contributed by atoms with Crippen LogP contribution < -0.4 is 4.74 Å². The maximum atomic E-state index is 13.9. The van der Waals surface area contributed by atoms with Crippen LogP contribution in [-0.2, 0) is 16.0 Å². The van der Waals surface area contributed by atoms with Crippen molar-refractivity contribution < 1.29 is 18.7 Å². The van der Waals surface area contributed by atoms with E-state index in [9.17, 15) is 9.18 Å². The number of aryl methyl sites for hydroxylation is 1. The summed E-state index contributed by atoms with van der Waals surface area (Å²) >= 11 is 6.49. The monoisotopic (exact) mass is 530 g/mol. The highest BCUT2D eigenvalue weighted by Gasteiger charge is 2.27. The Morgan fingerprint density at radius 2 is 1.65 bits per heavy atom. The zero-order valence-electron chi connectivity index (χ0n) is 22.7. The van der Waals surface area contributed by atoms with Gasteiger partial charge in [-0.3, -0.25) is 0 Å². The van der Waals surface area contributed by atoms with E-state index in [4.69, 9.17) is 21.1 Å². The van der Waals surface area contributed by atoms with E-state index in [0.717, 1.165) is 74.7 Å². The number of carbonyl (C=O) groups is 1. The molecule has 0 aliphatic heterocycles. The molecule has 1 aliphatic rings. The Labute approximate surface area is 228 Å². The normalized spacial score (nSPS) is 18.4. The summed E-state index contributed by atoms with van der Waals surface area (Å²) in [5, 5.41) is 0.654. The number of alkyl halides is 1. The quantitative estimate of drug-likeness (QED) is 0.170. The Hall–Kier alpha value is -2.07. The van der Waals surface area contributed by atoms with Crippen molar-refractivity contribution in [2.24, 2.45) is 5.92 Å². The van der Waals surface area contributed by atoms with E-state index in [2.05, 4.69) is 37.3 Å². The van der Waals surface area contributed by atoms with E-state index < -0.39 is 12.1 Å². The average Bonchev–Trinajstić information content (AvgIpc) is 2.92. The lowest BCUT2D eigenvalue weighted by atomic mass is 9.83. The molecule has 0 N–H and O–H groups in total. The Kier molecular flexibility index (Phi) is 12.8. The molecule has 0 bridgehead atoms. The SMILES string of the molecule is CCCCCCOc1ccc(-c2ccc(CC[C@H]3CC[C@H](OC(=O)[C@@H](F)CCCC)CC3)cc2)cc1Cl. The lowest BCUT2D eigenvalue weighted by Crippen LogP contribution is -2.29. The summed E-state index contributed by atoms with van der Waals surface area (Å²) in [7, 11) is 0. The summed E-state index contributed by atoms with van der Waals surface area (Å²) in [5.41, 5.74) is 3.56. The van der Waals surface area contributed by atoms with Crippen molar-refractivity contribution in [2.45, 2.75) is 110 Å². The molecule has 1 saturated carbocycles. The molecular formula is C32H44ClFO3. The van der Waals surface area contributed by atoms with Gasteiger partial charge >= 0.3 is 5.97 Å². The van der Waals surface area contributed by atoms with Crippen LogP contribution >= 0.6 is 11.6 Å². The van der Waals surface area contributed by atoms with Gasteiger partial charge in [-0.1, -0.05) is 87.9 Å². The van der Waals surface area contributed by atoms with Crippen LogP contribution in [0.15, 0.2) is 42.5 Å². The minimum Gasteiger partial charge on any atom is -0.492 e. The second kappa shape index (κ2) is 16.0. The number of ether oxygens (including phenoxy) is 2. The zero-order chi connectivity index (χ0) is 26.5. The summed E-state index contributed by atoms with van der Waals surface area (Å²) in [6, 6.07) is 14.8. The van der Waals surface area contributed by atoms with Crippen molar-refractivity contribution in [1.82, 2.24) is 0 Å². The van der Waals surface area contributed by atoms with Crippen LogP contribution in [0.5, 0.6) is 5.75 Å². The number of carbonyl (C=O) groups excluding carboxylic acids is 1. The van der Waals surface area contributed by atoms with Crippen molar-refractivity contribution in [3.05, 3.63) is 53.1 Å². The Morgan fingerprint density at radius 1 is 0.946 bits per heavy atom. The molecule has 3 nitrogen and oxygen atoms in total. The molecule has 37 heavy (non-hydrogen) atoms. The highest BCUT2D eigenvalue weighted by atomic mass is 35.5. The van der Waals surface area contributed by atoms with E-state index >= 15 is 0 Å². The maximum absolute atomic E-state index is 13.9. The third-order valence-electron chi connectivity index (χ3n) is 7.46. The number of rotatable bonds is 15. The summed E-state index contributed by atoms with van der Waals surface area (Å²) in [4.78, 5) is 11.9. The lowest BCUT2D eigenvalue weighted by Gasteiger charge is -2.28.